The Labute approximate surface area is 186 Å². The van der Waals surface area contributed by atoms with Crippen molar-refractivity contribution in [1.82, 2.24) is 0 Å². The molecule has 0 fully saturated rings. The van der Waals surface area contributed by atoms with E-state index in [4.69, 9.17) is 0 Å². The fraction of sp³-hybridized carbons (Fsp3) is 0.0526. The Balaban J connectivity index is 2.78. The van der Waals surface area contributed by atoms with Gasteiger partial charge in [0.05, 0.1) is 0 Å². The van der Waals surface area contributed by atoms with E-state index < -0.39 is 115 Å². The molecule has 0 radical (unpaired) electrons. The van der Waals surface area contributed by atoms with E-state index in [0.29, 0.717) is 0 Å². The second-order valence-electron chi connectivity index (χ2n) is 7.25. The van der Waals surface area contributed by atoms with Crippen molar-refractivity contribution in [2.75, 3.05) is 0 Å². The topological polar surface area (TPSA) is 0 Å². The average Bonchev–Trinajstić information content (AvgIpc) is 2.81. The Morgan fingerprint density at radius 2 is 0.371 bits per heavy atom. The van der Waals surface area contributed by atoms with E-state index in [1.165, 1.54) is 0 Å². The van der Waals surface area contributed by atoms with E-state index in [1.54, 1.807) is 0 Å². The van der Waals surface area contributed by atoms with Crippen molar-refractivity contribution in [2.45, 2.75) is 5.48 Å². The van der Waals surface area contributed by atoms with Crippen LogP contribution in [0.5, 0.6) is 0 Å². The zero-order valence-corrected chi connectivity index (χ0v) is 18.7. The van der Waals surface area contributed by atoms with Crippen LogP contribution in [0.4, 0.5) is 65.9 Å². The van der Waals surface area contributed by atoms with Crippen molar-refractivity contribution < 1.29 is 65.9 Å². The van der Waals surface area contributed by atoms with Gasteiger partial charge in [-0.25, -0.2) is 0 Å². The molecule has 0 aromatic heterocycles. The van der Waals surface area contributed by atoms with Gasteiger partial charge >= 0.3 is 186 Å². The first-order valence-corrected chi connectivity index (χ1v) is 14.8. The molecular weight excluding hydrogens is 583 g/mol. The van der Waals surface area contributed by atoms with Crippen LogP contribution in [0.15, 0.2) is 0 Å². The number of hydrogen-bond acceptors (Lipinski definition) is 0. The molecule has 3 aromatic carbocycles. The van der Waals surface area contributed by atoms with Crippen LogP contribution in [-0.2, 0) is 0 Å². The second kappa shape index (κ2) is 8.72. The van der Waals surface area contributed by atoms with Crippen LogP contribution < -0.4 is 12.4 Å². The minimum atomic E-state index is -7.58. The van der Waals surface area contributed by atoms with E-state index in [-0.39, 0.29) is 5.48 Å². The Bertz CT molecular complexity index is 1160. The summed E-state index contributed by atoms with van der Waals surface area (Å²) in [7, 11) is 0. The molecule has 0 aliphatic carbocycles. The first-order chi connectivity index (χ1) is 16.0. The van der Waals surface area contributed by atoms with Crippen molar-refractivity contribution in [1.29, 1.82) is 0 Å². The first kappa shape index (κ1) is 26.8. The van der Waals surface area contributed by atoms with Crippen molar-refractivity contribution in [3.63, 3.8) is 0 Å². The Morgan fingerprint density at radius 3 is 0.514 bits per heavy atom. The molecule has 0 N–H and O–H groups in total. The predicted molar refractivity (Wildman–Crippen MR) is 89.2 cm³/mol. The first-order valence-electron chi connectivity index (χ1n) is 8.78. The molecule has 0 nitrogen and oxygen atoms in total. The van der Waals surface area contributed by atoms with Crippen LogP contribution in [0.2, 0.25) is 5.48 Å². The van der Waals surface area contributed by atoms with Gasteiger partial charge in [0.2, 0.25) is 0 Å². The maximum absolute atomic E-state index is 14.7. The van der Waals surface area contributed by atoms with E-state index in [0.717, 1.165) is 0 Å². The van der Waals surface area contributed by atoms with Gasteiger partial charge in [0.25, 0.3) is 0 Å². The van der Waals surface area contributed by atoms with Gasteiger partial charge in [0.1, 0.15) is 0 Å². The van der Waals surface area contributed by atoms with Gasteiger partial charge in [-0.05, 0) is 0 Å². The van der Waals surface area contributed by atoms with Crippen molar-refractivity contribution in [2.24, 2.45) is 0 Å². The van der Waals surface area contributed by atoms with Crippen LogP contribution in [0.1, 0.15) is 0 Å². The summed E-state index contributed by atoms with van der Waals surface area (Å²) in [6.45, 7) is 0. The standard InChI is InChI=1S/3C6F5.CH3.Ga/c3*7-2-1-3(8)5(10)6(11)4(2)9;;/h;;;1H3;/q;;;;-1. The van der Waals surface area contributed by atoms with Gasteiger partial charge < -0.3 is 0 Å². The molecule has 3 rings (SSSR count). The number of rotatable bonds is 3. The Hall–Kier alpha value is -2.75. The molecule has 0 aliphatic rings. The molecule has 16 heteroatoms. The molecule has 0 saturated carbocycles. The molecule has 0 spiro atoms. The number of benzene rings is 3. The average molecular weight is 586 g/mol. The zero-order valence-electron chi connectivity index (χ0n) is 16.2. The zero-order chi connectivity index (χ0) is 26.9. The Morgan fingerprint density at radius 1 is 0.257 bits per heavy atom. The summed E-state index contributed by atoms with van der Waals surface area (Å²) in [5.74, 6) is -44.4. The summed E-state index contributed by atoms with van der Waals surface area (Å²) in [4.78, 5) is 0. The molecule has 0 atom stereocenters. The van der Waals surface area contributed by atoms with Crippen molar-refractivity contribution in [3.8, 4) is 0 Å². The van der Waals surface area contributed by atoms with Gasteiger partial charge in [-0.15, -0.1) is 0 Å². The predicted octanol–water partition coefficient (Wildman–Crippen LogP) is 4.87. The third-order valence-corrected chi connectivity index (χ3v) is 15.9. The van der Waals surface area contributed by atoms with Gasteiger partial charge in [-0.3, -0.25) is 0 Å². The number of halogens is 15. The van der Waals surface area contributed by atoms with E-state index >= 15 is 0 Å². The van der Waals surface area contributed by atoms with Crippen LogP contribution in [0.25, 0.3) is 0 Å². The third kappa shape index (κ3) is 3.51. The van der Waals surface area contributed by atoms with E-state index in [9.17, 15) is 65.9 Å². The fourth-order valence-electron chi connectivity index (χ4n) is 3.82. The second-order valence-corrected chi connectivity index (χ2v) is 16.3. The summed E-state index contributed by atoms with van der Waals surface area (Å²) in [6.07, 6.45) is 0. The Kier molecular flexibility index (Phi) is 6.69. The SMILES string of the molecule is [CH3][Ga-]([c]1c(F)c(F)c(F)c(F)c1F)([c]1c(F)c(F)c(F)c(F)c1F)[c]1c(F)c(F)c(F)c(F)c1F. The molecular formula is C19H3F15Ga-. The molecule has 0 saturated heterocycles. The third-order valence-electron chi connectivity index (χ3n) is 5.46. The molecule has 3 aromatic rings. The van der Waals surface area contributed by atoms with Gasteiger partial charge in [0, 0.05) is 0 Å². The summed E-state index contributed by atoms with van der Waals surface area (Å²) < 4.78 is 205. The van der Waals surface area contributed by atoms with Crippen LogP contribution in [0, 0.1) is 87.3 Å². The normalized spacial score (nSPS) is 12.0. The van der Waals surface area contributed by atoms with Gasteiger partial charge in [0.15, 0.2) is 0 Å². The van der Waals surface area contributed by atoms with E-state index in [1.807, 2.05) is 0 Å². The molecule has 0 bridgehead atoms. The molecule has 188 valence electrons. The maximum atomic E-state index is 14.7. The van der Waals surface area contributed by atoms with Gasteiger partial charge in [-0.1, -0.05) is 0 Å². The monoisotopic (exact) mass is 585 g/mol. The van der Waals surface area contributed by atoms with Crippen LogP contribution in [-0.4, -0.2) is 15.0 Å². The minimum absolute atomic E-state index is 0.0728. The van der Waals surface area contributed by atoms with E-state index in [2.05, 4.69) is 0 Å². The van der Waals surface area contributed by atoms with Crippen LogP contribution in [0.3, 0.4) is 0 Å². The fourth-order valence-corrected chi connectivity index (χ4v) is 13.6. The molecule has 0 aliphatic heterocycles. The summed E-state index contributed by atoms with van der Waals surface area (Å²) >= 11 is -7.58. The summed E-state index contributed by atoms with van der Waals surface area (Å²) in [5.41, 5.74) is -0.0728. The van der Waals surface area contributed by atoms with Gasteiger partial charge in [-0.2, -0.15) is 0 Å². The number of hydrogen-bond donors (Lipinski definition) is 0. The summed E-state index contributed by atoms with van der Waals surface area (Å²) in [6, 6.07) is 0. The van der Waals surface area contributed by atoms with Crippen LogP contribution >= 0.6 is 0 Å². The molecule has 35 heavy (non-hydrogen) atoms. The van der Waals surface area contributed by atoms with Crippen molar-refractivity contribution in [3.05, 3.63) is 87.3 Å². The molecule has 0 unspecified atom stereocenters. The molecule has 0 amide bonds. The molecule has 0 heterocycles. The van der Waals surface area contributed by atoms with Crippen molar-refractivity contribution >= 4 is 27.4 Å². The summed E-state index contributed by atoms with van der Waals surface area (Å²) in [5, 5.41) is 0. The quantitative estimate of drug-likeness (QED) is 0.178.